The number of likely N-dealkylation sites (N-methyl/N-ethyl adjacent to an activating group) is 1. The lowest BCUT2D eigenvalue weighted by Crippen LogP contribution is -2.50. The van der Waals surface area contributed by atoms with E-state index in [2.05, 4.69) is 0 Å². The van der Waals surface area contributed by atoms with E-state index in [9.17, 15) is 8.42 Å². The van der Waals surface area contributed by atoms with Crippen LogP contribution in [0.5, 0.6) is 0 Å². The fraction of sp³-hybridized carbons (Fsp3) is 1.00. The SMILES string of the molecule is CN(CCS(C)(=O)=O)CC1(N)CCOC1. The van der Waals surface area contributed by atoms with Gasteiger partial charge in [0.2, 0.25) is 0 Å². The van der Waals surface area contributed by atoms with Crippen molar-refractivity contribution in [2.45, 2.75) is 12.0 Å². The molecule has 1 rings (SSSR count). The number of hydrogen-bond donors (Lipinski definition) is 1. The van der Waals surface area contributed by atoms with Crippen molar-refractivity contribution in [3.05, 3.63) is 0 Å². The molecule has 0 amide bonds. The maximum Gasteiger partial charge on any atom is 0.148 e. The molecule has 0 aromatic rings. The zero-order chi connectivity index (χ0) is 11.5. The molecule has 0 aromatic heterocycles. The van der Waals surface area contributed by atoms with Crippen LogP contribution in [0.25, 0.3) is 0 Å². The lowest BCUT2D eigenvalue weighted by atomic mass is 10.00. The first-order valence-corrected chi connectivity index (χ1v) is 7.10. The third-order valence-corrected chi connectivity index (χ3v) is 3.49. The van der Waals surface area contributed by atoms with Crippen molar-refractivity contribution in [1.29, 1.82) is 0 Å². The summed E-state index contributed by atoms with van der Waals surface area (Å²) < 4.78 is 27.2. The van der Waals surface area contributed by atoms with Crippen molar-refractivity contribution in [2.24, 2.45) is 5.73 Å². The standard InChI is InChI=1S/C9H20N2O3S/c1-11(4-6-15(2,12)13)7-9(10)3-5-14-8-9/h3-8,10H2,1-2H3. The fourth-order valence-corrected chi connectivity index (χ4v) is 2.33. The van der Waals surface area contributed by atoms with Gasteiger partial charge in [-0.3, -0.25) is 0 Å². The molecule has 1 aliphatic rings. The van der Waals surface area contributed by atoms with Crippen LogP contribution in [0.1, 0.15) is 6.42 Å². The van der Waals surface area contributed by atoms with Crippen LogP contribution >= 0.6 is 0 Å². The van der Waals surface area contributed by atoms with Crippen LogP contribution in [0, 0.1) is 0 Å². The van der Waals surface area contributed by atoms with Gasteiger partial charge in [-0.05, 0) is 13.5 Å². The van der Waals surface area contributed by atoms with E-state index in [1.54, 1.807) is 0 Å². The third kappa shape index (κ3) is 4.92. The highest BCUT2D eigenvalue weighted by Crippen LogP contribution is 2.16. The molecule has 2 N–H and O–H groups in total. The highest BCUT2D eigenvalue weighted by molar-refractivity contribution is 7.90. The summed E-state index contributed by atoms with van der Waals surface area (Å²) in [6, 6.07) is 0. The largest absolute Gasteiger partial charge is 0.379 e. The molecule has 1 aliphatic heterocycles. The van der Waals surface area contributed by atoms with Gasteiger partial charge >= 0.3 is 0 Å². The van der Waals surface area contributed by atoms with Gasteiger partial charge in [0, 0.05) is 26.0 Å². The molecular weight excluding hydrogens is 216 g/mol. The molecule has 0 radical (unpaired) electrons. The summed E-state index contributed by atoms with van der Waals surface area (Å²) in [6.45, 7) is 2.48. The van der Waals surface area contributed by atoms with Gasteiger partial charge in [0.1, 0.15) is 9.84 Å². The Hall–Kier alpha value is -0.170. The minimum absolute atomic E-state index is 0.181. The molecule has 1 saturated heterocycles. The summed E-state index contributed by atoms with van der Waals surface area (Å²) in [4.78, 5) is 1.95. The molecule has 1 unspecified atom stereocenters. The zero-order valence-corrected chi connectivity index (χ0v) is 10.2. The van der Waals surface area contributed by atoms with E-state index in [1.807, 2.05) is 11.9 Å². The van der Waals surface area contributed by atoms with Crippen molar-refractivity contribution in [3.63, 3.8) is 0 Å². The first kappa shape index (κ1) is 12.9. The Bertz CT molecular complexity index is 296. The van der Waals surface area contributed by atoms with Crippen LogP contribution in [0.3, 0.4) is 0 Å². The lowest BCUT2D eigenvalue weighted by Gasteiger charge is -2.28. The van der Waals surface area contributed by atoms with Crippen LogP contribution in [0.4, 0.5) is 0 Å². The Balaban J connectivity index is 2.32. The first-order chi connectivity index (χ1) is 6.81. The Kier molecular flexibility index (Phi) is 4.11. The minimum atomic E-state index is -2.89. The monoisotopic (exact) mass is 236 g/mol. The van der Waals surface area contributed by atoms with Crippen molar-refractivity contribution < 1.29 is 13.2 Å². The predicted octanol–water partition coefficient (Wildman–Crippen LogP) is -0.919. The van der Waals surface area contributed by atoms with Gasteiger partial charge in [-0.1, -0.05) is 0 Å². The number of hydrogen-bond acceptors (Lipinski definition) is 5. The maximum atomic E-state index is 11.0. The highest BCUT2D eigenvalue weighted by Gasteiger charge is 2.31. The second-order valence-corrected chi connectivity index (χ2v) is 6.79. The van der Waals surface area contributed by atoms with E-state index in [-0.39, 0.29) is 11.3 Å². The Morgan fingerprint density at radius 3 is 2.67 bits per heavy atom. The van der Waals surface area contributed by atoms with Gasteiger partial charge in [-0.2, -0.15) is 0 Å². The Labute approximate surface area is 91.5 Å². The van der Waals surface area contributed by atoms with Gasteiger partial charge < -0.3 is 15.4 Å². The topological polar surface area (TPSA) is 72.6 Å². The lowest BCUT2D eigenvalue weighted by molar-refractivity contribution is 0.163. The number of nitrogens with two attached hydrogens (primary N) is 1. The van der Waals surface area contributed by atoms with Crippen molar-refractivity contribution in [2.75, 3.05) is 45.4 Å². The van der Waals surface area contributed by atoms with Gasteiger partial charge in [-0.25, -0.2) is 8.42 Å². The van der Waals surface area contributed by atoms with Crippen LogP contribution in [0.2, 0.25) is 0 Å². The number of ether oxygens (including phenoxy) is 1. The molecule has 90 valence electrons. The number of nitrogens with zero attached hydrogens (tertiary/aromatic N) is 1. The summed E-state index contributed by atoms with van der Waals surface area (Å²) in [6.07, 6.45) is 2.09. The van der Waals surface area contributed by atoms with Crippen molar-refractivity contribution in [3.8, 4) is 0 Å². The van der Waals surface area contributed by atoms with Crippen LogP contribution in [-0.2, 0) is 14.6 Å². The number of rotatable bonds is 5. The van der Waals surface area contributed by atoms with Crippen LogP contribution in [0.15, 0.2) is 0 Å². The molecule has 0 saturated carbocycles. The fourth-order valence-electron chi connectivity index (χ4n) is 1.69. The van der Waals surface area contributed by atoms with E-state index in [4.69, 9.17) is 10.5 Å². The zero-order valence-electron chi connectivity index (χ0n) is 9.40. The summed E-state index contributed by atoms with van der Waals surface area (Å²) in [5.74, 6) is 0.181. The smallest absolute Gasteiger partial charge is 0.148 e. The maximum absolute atomic E-state index is 11.0. The minimum Gasteiger partial charge on any atom is -0.379 e. The second-order valence-electron chi connectivity index (χ2n) is 4.53. The molecule has 5 nitrogen and oxygen atoms in total. The van der Waals surface area contributed by atoms with Crippen molar-refractivity contribution in [1.82, 2.24) is 4.90 Å². The molecule has 0 aliphatic carbocycles. The summed E-state index contributed by atoms with van der Waals surface area (Å²) in [5, 5.41) is 0. The van der Waals surface area contributed by atoms with Gasteiger partial charge in [-0.15, -0.1) is 0 Å². The van der Waals surface area contributed by atoms with Crippen molar-refractivity contribution >= 4 is 9.84 Å². The highest BCUT2D eigenvalue weighted by atomic mass is 32.2. The van der Waals surface area contributed by atoms with E-state index in [1.165, 1.54) is 6.26 Å². The molecule has 0 spiro atoms. The quantitative estimate of drug-likeness (QED) is 0.668. The molecular formula is C9H20N2O3S. The van der Waals surface area contributed by atoms with Gasteiger partial charge in [0.25, 0.3) is 0 Å². The van der Waals surface area contributed by atoms with Gasteiger partial charge in [0.05, 0.1) is 17.9 Å². The van der Waals surface area contributed by atoms with E-state index < -0.39 is 9.84 Å². The molecule has 0 aromatic carbocycles. The van der Waals surface area contributed by atoms with E-state index >= 15 is 0 Å². The van der Waals surface area contributed by atoms with Gasteiger partial charge in [0.15, 0.2) is 0 Å². The first-order valence-electron chi connectivity index (χ1n) is 5.04. The Morgan fingerprint density at radius 2 is 2.20 bits per heavy atom. The average Bonchev–Trinajstić information content (AvgIpc) is 2.47. The normalized spacial score (nSPS) is 27.5. The predicted molar refractivity (Wildman–Crippen MR) is 59.6 cm³/mol. The summed E-state index contributed by atoms with van der Waals surface area (Å²) >= 11 is 0. The molecule has 1 fully saturated rings. The van der Waals surface area contributed by atoms with Crippen LogP contribution < -0.4 is 5.73 Å². The second kappa shape index (κ2) is 4.78. The summed E-state index contributed by atoms with van der Waals surface area (Å²) in [7, 11) is -0.999. The molecule has 1 heterocycles. The summed E-state index contributed by atoms with van der Waals surface area (Å²) in [5.41, 5.74) is 5.78. The van der Waals surface area contributed by atoms with E-state index in [0.717, 1.165) is 6.42 Å². The third-order valence-electron chi connectivity index (χ3n) is 2.56. The average molecular weight is 236 g/mol. The molecule has 0 bridgehead atoms. The Morgan fingerprint density at radius 1 is 1.53 bits per heavy atom. The van der Waals surface area contributed by atoms with Crippen LogP contribution in [-0.4, -0.2) is 64.2 Å². The van der Waals surface area contributed by atoms with E-state index in [0.29, 0.717) is 26.3 Å². The molecule has 15 heavy (non-hydrogen) atoms. The molecule has 6 heteroatoms. The number of sulfone groups is 1. The molecule has 1 atom stereocenters.